The van der Waals surface area contributed by atoms with Crippen molar-refractivity contribution in [3.63, 3.8) is 0 Å². The Morgan fingerprint density at radius 2 is 2.14 bits per heavy atom. The van der Waals surface area contributed by atoms with Gasteiger partial charge >= 0.3 is 0 Å². The first-order valence-electron chi connectivity index (χ1n) is 5.59. The fourth-order valence-electron chi connectivity index (χ4n) is 2.19. The van der Waals surface area contributed by atoms with Crippen LogP contribution in [-0.4, -0.2) is 42.8 Å². The molecule has 3 heteroatoms. The minimum atomic E-state index is -0.00926. The van der Waals surface area contributed by atoms with E-state index in [1.165, 1.54) is 12.8 Å². The molecule has 0 radical (unpaired) electrons. The highest BCUT2D eigenvalue weighted by Crippen LogP contribution is 2.34. The SMILES string of the molecule is CCN(C1CC1)C(C)(CN)C(C)OC. The molecule has 1 aliphatic rings. The highest BCUT2D eigenvalue weighted by atomic mass is 16.5. The van der Waals surface area contributed by atoms with E-state index in [-0.39, 0.29) is 11.6 Å². The van der Waals surface area contributed by atoms with Crippen molar-refractivity contribution in [2.45, 2.75) is 51.3 Å². The second-order valence-corrected chi connectivity index (χ2v) is 4.46. The molecule has 0 saturated heterocycles. The van der Waals surface area contributed by atoms with Crippen LogP contribution < -0.4 is 5.73 Å². The van der Waals surface area contributed by atoms with Gasteiger partial charge in [-0.1, -0.05) is 6.92 Å². The van der Waals surface area contributed by atoms with E-state index in [2.05, 4.69) is 25.7 Å². The Bertz CT molecular complexity index is 182. The molecular formula is C11H24N2O. The summed E-state index contributed by atoms with van der Waals surface area (Å²) >= 11 is 0. The molecule has 1 saturated carbocycles. The van der Waals surface area contributed by atoms with Crippen molar-refractivity contribution < 1.29 is 4.74 Å². The summed E-state index contributed by atoms with van der Waals surface area (Å²) in [5, 5.41) is 0. The Morgan fingerprint density at radius 3 is 2.43 bits per heavy atom. The second-order valence-electron chi connectivity index (χ2n) is 4.46. The highest BCUT2D eigenvalue weighted by Gasteiger charge is 2.42. The molecule has 14 heavy (non-hydrogen) atoms. The number of ether oxygens (including phenoxy) is 1. The molecule has 1 aliphatic carbocycles. The maximum Gasteiger partial charge on any atom is 0.0736 e. The van der Waals surface area contributed by atoms with E-state index in [1.54, 1.807) is 7.11 Å². The monoisotopic (exact) mass is 200 g/mol. The molecule has 0 bridgehead atoms. The molecular weight excluding hydrogens is 176 g/mol. The molecule has 2 unspecified atom stereocenters. The van der Waals surface area contributed by atoms with Crippen molar-refractivity contribution in [1.82, 2.24) is 4.90 Å². The Labute approximate surface area is 87.6 Å². The van der Waals surface area contributed by atoms with Gasteiger partial charge in [0.1, 0.15) is 0 Å². The number of likely N-dealkylation sites (N-methyl/N-ethyl adjacent to an activating group) is 1. The van der Waals surface area contributed by atoms with Crippen molar-refractivity contribution >= 4 is 0 Å². The van der Waals surface area contributed by atoms with Crippen LogP contribution in [0, 0.1) is 0 Å². The highest BCUT2D eigenvalue weighted by molar-refractivity contribution is 4.99. The van der Waals surface area contributed by atoms with Crippen molar-refractivity contribution in [1.29, 1.82) is 0 Å². The molecule has 0 heterocycles. The predicted molar refractivity (Wildman–Crippen MR) is 59.3 cm³/mol. The minimum Gasteiger partial charge on any atom is -0.380 e. The predicted octanol–water partition coefficient (Wildman–Crippen LogP) is 1.22. The van der Waals surface area contributed by atoms with Gasteiger partial charge in [-0.15, -0.1) is 0 Å². The average molecular weight is 200 g/mol. The number of hydrogen-bond donors (Lipinski definition) is 1. The van der Waals surface area contributed by atoms with Crippen LogP contribution in [-0.2, 0) is 4.74 Å². The molecule has 2 N–H and O–H groups in total. The van der Waals surface area contributed by atoms with Crippen LogP contribution in [0.15, 0.2) is 0 Å². The smallest absolute Gasteiger partial charge is 0.0736 e. The first kappa shape index (κ1) is 12.0. The lowest BCUT2D eigenvalue weighted by molar-refractivity contribution is -0.0331. The van der Waals surface area contributed by atoms with Gasteiger partial charge < -0.3 is 10.5 Å². The van der Waals surface area contributed by atoms with Gasteiger partial charge in [0.2, 0.25) is 0 Å². The number of nitrogens with two attached hydrogens (primary N) is 1. The van der Waals surface area contributed by atoms with Gasteiger partial charge in [0.15, 0.2) is 0 Å². The number of rotatable bonds is 6. The summed E-state index contributed by atoms with van der Waals surface area (Å²) in [7, 11) is 1.76. The Kier molecular flexibility index (Phi) is 3.93. The topological polar surface area (TPSA) is 38.5 Å². The molecule has 0 aromatic rings. The first-order valence-corrected chi connectivity index (χ1v) is 5.59. The Hall–Kier alpha value is -0.120. The van der Waals surface area contributed by atoms with E-state index in [1.807, 2.05) is 0 Å². The van der Waals surface area contributed by atoms with E-state index in [0.29, 0.717) is 6.54 Å². The minimum absolute atomic E-state index is 0.00926. The van der Waals surface area contributed by atoms with E-state index in [4.69, 9.17) is 10.5 Å². The molecule has 1 rings (SSSR count). The molecule has 0 amide bonds. The van der Waals surface area contributed by atoms with Crippen LogP contribution in [0.4, 0.5) is 0 Å². The van der Waals surface area contributed by atoms with Crippen LogP contribution in [0.25, 0.3) is 0 Å². The van der Waals surface area contributed by atoms with Gasteiger partial charge in [0, 0.05) is 19.7 Å². The van der Waals surface area contributed by atoms with Gasteiger partial charge in [-0.05, 0) is 33.2 Å². The number of nitrogens with zero attached hydrogens (tertiary/aromatic N) is 1. The number of hydrogen-bond acceptors (Lipinski definition) is 3. The van der Waals surface area contributed by atoms with Crippen molar-refractivity contribution in [3.05, 3.63) is 0 Å². The maximum atomic E-state index is 5.90. The van der Waals surface area contributed by atoms with Gasteiger partial charge in [-0.2, -0.15) is 0 Å². The van der Waals surface area contributed by atoms with Crippen molar-refractivity contribution in [2.24, 2.45) is 5.73 Å². The summed E-state index contributed by atoms with van der Waals surface area (Å²) in [5.41, 5.74) is 5.89. The van der Waals surface area contributed by atoms with Crippen molar-refractivity contribution in [3.8, 4) is 0 Å². The zero-order valence-corrected chi connectivity index (χ0v) is 9.92. The molecule has 1 fully saturated rings. The van der Waals surface area contributed by atoms with E-state index in [0.717, 1.165) is 12.6 Å². The number of methoxy groups -OCH3 is 1. The molecule has 0 aromatic carbocycles. The third-order valence-electron chi connectivity index (χ3n) is 3.63. The Balaban J connectivity index is 2.73. The molecule has 3 nitrogen and oxygen atoms in total. The van der Waals surface area contributed by atoms with Gasteiger partial charge in [-0.3, -0.25) is 4.90 Å². The zero-order chi connectivity index (χ0) is 10.8. The third kappa shape index (κ3) is 2.10. The van der Waals surface area contributed by atoms with Crippen LogP contribution in [0.1, 0.15) is 33.6 Å². The molecule has 84 valence electrons. The fraction of sp³-hybridized carbons (Fsp3) is 1.00. The van der Waals surface area contributed by atoms with Crippen molar-refractivity contribution in [2.75, 3.05) is 20.2 Å². The summed E-state index contributed by atoms with van der Waals surface area (Å²) in [5.74, 6) is 0. The maximum absolute atomic E-state index is 5.90. The molecule has 0 spiro atoms. The third-order valence-corrected chi connectivity index (χ3v) is 3.63. The lowest BCUT2D eigenvalue weighted by Gasteiger charge is -2.44. The average Bonchev–Trinajstić information content (AvgIpc) is 3.01. The van der Waals surface area contributed by atoms with Crippen LogP contribution in [0.2, 0.25) is 0 Å². The van der Waals surface area contributed by atoms with Crippen LogP contribution >= 0.6 is 0 Å². The summed E-state index contributed by atoms with van der Waals surface area (Å²) in [6.45, 7) is 8.24. The molecule has 0 aromatic heterocycles. The normalized spacial score (nSPS) is 23.6. The van der Waals surface area contributed by atoms with Gasteiger partial charge in [-0.25, -0.2) is 0 Å². The summed E-state index contributed by atoms with van der Waals surface area (Å²) < 4.78 is 5.45. The summed E-state index contributed by atoms with van der Waals surface area (Å²) in [6, 6.07) is 0.742. The Morgan fingerprint density at radius 1 is 1.57 bits per heavy atom. The fourth-order valence-corrected chi connectivity index (χ4v) is 2.19. The second kappa shape index (κ2) is 4.60. The standard InChI is InChI=1S/C11H24N2O/c1-5-13(10-6-7-10)11(3,8-12)9(2)14-4/h9-10H,5-8,12H2,1-4H3. The van der Waals surface area contributed by atoms with Crippen LogP contribution in [0.3, 0.4) is 0 Å². The first-order chi connectivity index (χ1) is 6.60. The summed E-state index contributed by atoms with van der Waals surface area (Å²) in [4.78, 5) is 2.50. The summed E-state index contributed by atoms with van der Waals surface area (Å²) in [6.07, 6.45) is 2.83. The largest absolute Gasteiger partial charge is 0.380 e. The lowest BCUT2D eigenvalue weighted by atomic mass is 9.93. The quantitative estimate of drug-likeness (QED) is 0.700. The molecule has 2 atom stereocenters. The van der Waals surface area contributed by atoms with E-state index >= 15 is 0 Å². The zero-order valence-electron chi connectivity index (χ0n) is 9.92. The van der Waals surface area contributed by atoms with E-state index in [9.17, 15) is 0 Å². The molecule has 0 aliphatic heterocycles. The van der Waals surface area contributed by atoms with E-state index < -0.39 is 0 Å². The van der Waals surface area contributed by atoms with Crippen LogP contribution in [0.5, 0.6) is 0 Å². The lowest BCUT2D eigenvalue weighted by Crippen LogP contribution is -2.59. The van der Waals surface area contributed by atoms with Gasteiger partial charge in [0.25, 0.3) is 0 Å². The van der Waals surface area contributed by atoms with Gasteiger partial charge in [0.05, 0.1) is 11.6 Å².